The molecule has 0 aliphatic carbocycles. The van der Waals surface area contributed by atoms with Gasteiger partial charge in [-0.2, -0.15) is 0 Å². The molecule has 0 saturated carbocycles. The zero-order valence-electron chi connectivity index (χ0n) is 11.3. The van der Waals surface area contributed by atoms with Crippen LogP contribution in [0.3, 0.4) is 0 Å². The highest BCUT2D eigenvalue weighted by Crippen LogP contribution is 2.31. The molecule has 1 N–H and O–H groups in total. The molecule has 2 aromatic heterocycles. The highest BCUT2D eigenvalue weighted by atomic mass is 35.5. The van der Waals surface area contributed by atoms with Gasteiger partial charge in [-0.1, -0.05) is 23.7 Å². The Morgan fingerprint density at radius 2 is 2.05 bits per heavy atom. The number of nitrogens with zero attached hydrogens (tertiary/aromatic N) is 2. The Bertz CT molecular complexity index is 899. The number of hydrogen-bond donors (Lipinski definition) is 1. The van der Waals surface area contributed by atoms with Gasteiger partial charge in [-0.3, -0.25) is 14.2 Å². The summed E-state index contributed by atoms with van der Waals surface area (Å²) in [7, 11) is 0. The maximum atomic E-state index is 12.6. The van der Waals surface area contributed by atoms with Crippen molar-refractivity contribution in [3.63, 3.8) is 0 Å². The monoisotopic (exact) mass is 334 g/mol. The zero-order chi connectivity index (χ0) is 15.7. The lowest BCUT2D eigenvalue weighted by Crippen LogP contribution is -2.21. The summed E-state index contributed by atoms with van der Waals surface area (Å²) in [5.74, 6) is -0.949. The molecule has 1 aromatic carbocycles. The first-order valence-electron chi connectivity index (χ1n) is 6.50. The van der Waals surface area contributed by atoms with E-state index in [1.54, 1.807) is 12.1 Å². The molecule has 5 nitrogen and oxygen atoms in total. The molecule has 0 atom stereocenters. The molecule has 2 heterocycles. The molecule has 0 bridgehead atoms. The lowest BCUT2D eigenvalue weighted by molar-refractivity contribution is -0.137. The summed E-state index contributed by atoms with van der Waals surface area (Å²) >= 11 is 7.27. The Kier molecular flexibility index (Phi) is 3.96. The van der Waals surface area contributed by atoms with Crippen molar-refractivity contribution in [2.75, 3.05) is 0 Å². The Hall–Kier alpha value is -2.18. The zero-order valence-corrected chi connectivity index (χ0v) is 12.9. The van der Waals surface area contributed by atoms with Crippen molar-refractivity contribution in [1.82, 2.24) is 9.55 Å². The quantitative estimate of drug-likeness (QED) is 0.795. The second-order valence-electron chi connectivity index (χ2n) is 4.72. The summed E-state index contributed by atoms with van der Waals surface area (Å²) in [6.45, 7) is 0.104. The van der Waals surface area contributed by atoms with Gasteiger partial charge in [-0.15, -0.1) is 11.3 Å². The second kappa shape index (κ2) is 5.90. The molecule has 22 heavy (non-hydrogen) atoms. The Balaban J connectivity index is 2.12. The molecule has 7 heteroatoms. The average Bonchev–Trinajstić information content (AvgIpc) is 2.92. The molecule has 112 valence electrons. The van der Waals surface area contributed by atoms with Crippen molar-refractivity contribution in [2.45, 2.75) is 13.0 Å². The van der Waals surface area contributed by atoms with Crippen LogP contribution < -0.4 is 5.56 Å². The summed E-state index contributed by atoms with van der Waals surface area (Å²) in [6.07, 6.45) is 1.28. The number of rotatable bonds is 4. The number of benzene rings is 1. The number of thiophene rings is 1. The fraction of sp³-hybridized carbons (Fsp3) is 0.133. The van der Waals surface area contributed by atoms with E-state index in [9.17, 15) is 9.59 Å². The number of carbonyl (C=O) groups is 1. The SMILES string of the molecule is O=C(O)CCn1cnc2scc(-c3ccc(Cl)cc3)c2c1=O. The Morgan fingerprint density at radius 3 is 2.73 bits per heavy atom. The Morgan fingerprint density at radius 1 is 1.32 bits per heavy atom. The predicted molar refractivity (Wildman–Crippen MR) is 86.6 cm³/mol. The van der Waals surface area contributed by atoms with Crippen LogP contribution in [0.2, 0.25) is 5.02 Å². The maximum absolute atomic E-state index is 12.6. The van der Waals surface area contributed by atoms with Crippen LogP contribution in [0, 0.1) is 0 Å². The van der Waals surface area contributed by atoms with E-state index in [2.05, 4.69) is 4.98 Å². The first kappa shape index (κ1) is 14.7. The van der Waals surface area contributed by atoms with E-state index in [0.29, 0.717) is 15.2 Å². The summed E-state index contributed by atoms with van der Waals surface area (Å²) in [4.78, 5) is 28.1. The number of carboxylic acids is 1. The molecule has 0 aliphatic heterocycles. The number of halogens is 1. The van der Waals surface area contributed by atoms with Crippen LogP contribution in [0.25, 0.3) is 21.3 Å². The molecule has 0 unspecified atom stereocenters. The number of aliphatic carboxylic acids is 1. The molecule has 0 spiro atoms. The normalized spacial score (nSPS) is 11.0. The topological polar surface area (TPSA) is 72.2 Å². The van der Waals surface area contributed by atoms with Crippen LogP contribution in [0.5, 0.6) is 0 Å². The van der Waals surface area contributed by atoms with E-state index in [1.807, 2.05) is 17.5 Å². The third-order valence-electron chi connectivity index (χ3n) is 3.28. The minimum atomic E-state index is -0.949. The van der Waals surface area contributed by atoms with Crippen LogP contribution in [0.4, 0.5) is 0 Å². The lowest BCUT2D eigenvalue weighted by Gasteiger charge is -2.04. The second-order valence-corrected chi connectivity index (χ2v) is 6.02. The summed E-state index contributed by atoms with van der Waals surface area (Å²) in [6, 6.07) is 7.22. The fourth-order valence-corrected chi connectivity index (χ4v) is 3.22. The highest BCUT2D eigenvalue weighted by Gasteiger charge is 2.13. The largest absolute Gasteiger partial charge is 0.481 e. The Labute approximate surface area is 134 Å². The molecular formula is C15H11ClN2O3S. The van der Waals surface area contributed by atoms with E-state index >= 15 is 0 Å². The molecule has 3 aromatic rings. The smallest absolute Gasteiger partial charge is 0.305 e. The molecule has 0 fully saturated rings. The first-order valence-corrected chi connectivity index (χ1v) is 7.76. The lowest BCUT2D eigenvalue weighted by atomic mass is 10.1. The van der Waals surface area contributed by atoms with Crippen molar-refractivity contribution in [2.24, 2.45) is 0 Å². The minimum Gasteiger partial charge on any atom is -0.481 e. The van der Waals surface area contributed by atoms with Crippen molar-refractivity contribution in [3.05, 3.63) is 51.3 Å². The van der Waals surface area contributed by atoms with Gasteiger partial charge in [0.1, 0.15) is 4.83 Å². The molecule has 0 saturated heterocycles. The van der Waals surface area contributed by atoms with E-state index in [-0.39, 0.29) is 18.5 Å². The van der Waals surface area contributed by atoms with Gasteiger partial charge in [0.25, 0.3) is 5.56 Å². The molecule has 0 aliphatic rings. The number of aromatic nitrogens is 2. The van der Waals surface area contributed by atoms with Gasteiger partial charge >= 0.3 is 5.97 Å². The van der Waals surface area contributed by atoms with Crippen LogP contribution >= 0.6 is 22.9 Å². The van der Waals surface area contributed by atoms with Crippen LogP contribution in [-0.4, -0.2) is 20.6 Å². The maximum Gasteiger partial charge on any atom is 0.305 e. The van der Waals surface area contributed by atoms with Crippen molar-refractivity contribution in [1.29, 1.82) is 0 Å². The third-order valence-corrected chi connectivity index (χ3v) is 4.42. The van der Waals surface area contributed by atoms with Gasteiger partial charge in [0.05, 0.1) is 18.1 Å². The highest BCUT2D eigenvalue weighted by molar-refractivity contribution is 7.17. The van der Waals surface area contributed by atoms with E-state index in [1.165, 1.54) is 22.2 Å². The average molecular weight is 335 g/mol. The summed E-state index contributed by atoms with van der Waals surface area (Å²) in [5.41, 5.74) is 1.45. The number of hydrogen-bond acceptors (Lipinski definition) is 4. The number of carboxylic acid groups (broad SMARTS) is 1. The van der Waals surface area contributed by atoms with Crippen LogP contribution in [-0.2, 0) is 11.3 Å². The van der Waals surface area contributed by atoms with E-state index in [4.69, 9.17) is 16.7 Å². The number of fused-ring (bicyclic) bond motifs is 1. The van der Waals surface area contributed by atoms with Gasteiger partial charge in [-0.25, -0.2) is 4.98 Å². The number of aryl methyl sites for hydroxylation is 1. The molecule has 0 amide bonds. The molecule has 0 radical (unpaired) electrons. The van der Waals surface area contributed by atoms with E-state index in [0.717, 1.165) is 11.1 Å². The minimum absolute atomic E-state index is 0.104. The summed E-state index contributed by atoms with van der Waals surface area (Å²) in [5, 5.41) is 11.8. The predicted octanol–water partition coefficient (Wildman–Crippen LogP) is 3.25. The van der Waals surface area contributed by atoms with Crippen LogP contribution in [0.15, 0.2) is 40.8 Å². The van der Waals surface area contributed by atoms with Gasteiger partial charge in [0, 0.05) is 22.5 Å². The van der Waals surface area contributed by atoms with Gasteiger partial charge < -0.3 is 5.11 Å². The standard InChI is InChI=1S/C15H11ClN2O3S/c16-10-3-1-9(2-4-10)11-7-22-14-13(11)15(21)18(8-17-14)6-5-12(19)20/h1-4,7-8H,5-6H2,(H,19,20). The van der Waals surface area contributed by atoms with Gasteiger partial charge in [0.2, 0.25) is 0 Å². The van der Waals surface area contributed by atoms with E-state index < -0.39 is 5.97 Å². The van der Waals surface area contributed by atoms with Gasteiger partial charge in [-0.05, 0) is 17.7 Å². The van der Waals surface area contributed by atoms with Crippen molar-refractivity contribution >= 4 is 39.1 Å². The third kappa shape index (κ3) is 2.75. The molecule has 3 rings (SSSR count). The van der Waals surface area contributed by atoms with Gasteiger partial charge in [0.15, 0.2) is 0 Å². The van der Waals surface area contributed by atoms with Crippen molar-refractivity contribution < 1.29 is 9.90 Å². The van der Waals surface area contributed by atoms with Crippen LogP contribution in [0.1, 0.15) is 6.42 Å². The summed E-state index contributed by atoms with van der Waals surface area (Å²) < 4.78 is 1.34. The van der Waals surface area contributed by atoms with Crippen molar-refractivity contribution in [3.8, 4) is 11.1 Å². The first-order chi connectivity index (χ1) is 10.6. The molecular weight excluding hydrogens is 324 g/mol. The fourth-order valence-electron chi connectivity index (χ4n) is 2.18.